The van der Waals surface area contributed by atoms with Gasteiger partial charge in [-0.15, -0.1) is 0 Å². The molecule has 2 aromatic rings. The van der Waals surface area contributed by atoms with Gasteiger partial charge in [-0.2, -0.15) is 0 Å². The fourth-order valence-corrected chi connectivity index (χ4v) is 3.65. The second-order valence-electron chi connectivity index (χ2n) is 8.13. The molecule has 2 heterocycles. The molecule has 1 saturated heterocycles. The highest BCUT2D eigenvalue weighted by Crippen LogP contribution is 2.33. The van der Waals surface area contributed by atoms with Crippen molar-refractivity contribution in [1.82, 2.24) is 15.0 Å². The van der Waals surface area contributed by atoms with Gasteiger partial charge < -0.3 is 19.2 Å². The van der Waals surface area contributed by atoms with Crippen molar-refractivity contribution in [3.8, 4) is 11.3 Å². The van der Waals surface area contributed by atoms with E-state index in [-0.39, 0.29) is 11.7 Å². The highest BCUT2D eigenvalue weighted by molar-refractivity contribution is 5.77. The Bertz CT molecular complexity index is 811. The average molecular weight is 403 g/mol. The maximum Gasteiger partial charge on any atom is 0.232 e. The lowest BCUT2D eigenvalue weighted by atomic mass is 10.1. The van der Waals surface area contributed by atoms with Crippen LogP contribution in [0.3, 0.4) is 0 Å². The van der Waals surface area contributed by atoms with Crippen LogP contribution >= 0.6 is 0 Å². The molecule has 6 nitrogen and oxygen atoms in total. The molecule has 1 aromatic heterocycles. The number of hydrogen-bond donors (Lipinski definition) is 0. The molecule has 0 bridgehead atoms. The molecule has 1 fully saturated rings. The molecule has 0 atom stereocenters. The van der Waals surface area contributed by atoms with Crippen molar-refractivity contribution in [3.05, 3.63) is 35.6 Å². The van der Waals surface area contributed by atoms with Crippen molar-refractivity contribution in [1.29, 1.82) is 0 Å². The summed E-state index contributed by atoms with van der Waals surface area (Å²) < 4.78 is 19.2. The molecular weight excluding hydrogens is 371 g/mol. The average Bonchev–Trinajstić information content (AvgIpc) is 3.11. The van der Waals surface area contributed by atoms with Crippen LogP contribution in [0.5, 0.6) is 0 Å². The molecule has 1 aliphatic rings. The Labute approximate surface area is 172 Å². The van der Waals surface area contributed by atoms with Crippen LogP contribution < -0.4 is 4.90 Å². The Balaban J connectivity index is 1.98. The van der Waals surface area contributed by atoms with E-state index in [1.165, 1.54) is 12.1 Å². The summed E-state index contributed by atoms with van der Waals surface area (Å²) >= 11 is 0. The second-order valence-corrected chi connectivity index (χ2v) is 8.13. The SMILES string of the molecule is CCC(=O)N(Cc1c(-c2ccc(F)cc2)noc1N1CCN(C)CC1)CC(C)C. The van der Waals surface area contributed by atoms with Gasteiger partial charge in [0.25, 0.3) is 0 Å². The number of aromatic nitrogens is 1. The lowest BCUT2D eigenvalue weighted by Crippen LogP contribution is -2.45. The Kier molecular flexibility index (Phi) is 6.90. The van der Waals surface area contributed by atoms with E-state index in [9.17, 15) is 9.18 Å². The first kappa shape index (κ1) is 21.3. The lowest BCUT2D eigenvalue weighted by Gasteiger charge is -2.33. The minimum absolute atomic E-state index is 0.106. The second kappa shape index (κ2) is 9.39. The maximum atomic E-state index is 13.4. The molecule has 1 aliphatic heterocycles. The third-order valence-electron chi connectivity index (χ3n) is 5.27. The summed E-state index contributed by atoms with van der Waals surface area (Å²) in [5.74, 6) is 0.886. The van der Waals surface area contributed by atoms with Crippen LogP contribution in [0.15, 0.2) is 28.8 Å². The van der Waals surface area contributed by atoms with Gasteiger partial charge in [-0.05, 0) is 37.2 Å². The summed E-state index contributed by atoms with van der Waals surface area (Å²) in [6, 6.07) is 6.26. The van der Waals surface area contributed by atoms with E-state index in [1.54, 1.807) is 12.1 Å². The molecule has 0 spiro atoms. The van der Waals surface area contributed by atoms with Gasteiger partial charge in [0.2, 0.25) is 11.8 Å². The van der Waals surface area contributed by atoms with Gasteiger partial charge in [0.05, 0.1) is 12.1 Å². The van der Waals surface area contributed by atoms with E-state index in [0.29, 0.717) is 31.1 Å². The van der Waals surface area contributed by atoms with Crippen molar-refractivity contribution < 1.29 is 13.7 Å². The van der Waals surface area contributed by atoms with Gasteiger partial charge in [-0.1, -0.05) is 25.9 Å². The smallest absolute Gasteiger partial charge is 0.232 e. The van der Waals surface area contributed by atoms with E-state index in [0.717, 1.165) is 43.2 Å². The van der Waals surface area contributed by atoms with Crippen molar-refractivity contribution in [2.45, 2.75) is 33.7 Å². The highest BCUT2D eigenvalue weighted by Gasteiger charge is 2.27. The molecule has 0 N–H and O–H groups in total. The lowest BCUT2D eigenvalue weighted by molar-refractivity contribution is -0.132. The number of nitrogens with zero attached hydrogens (tertiary/aromatic N) is 4. The van der Waals surface area contributed by atoms with Crippen molar-refractivity contribution in [2.24, 2.45) is 5.92 Å². The van der Waals surface area contributed by atoms with Gasteiger partial charge in [-0.3, -0.25) is 4.79 Å². The normalized spacial score (nSPS) is 15.2. The van der Waals surface area contributed by atoms with Crippen LogP contribution in [0.1, 0.15) is 32.8 Å². The van der Waals surface area contributed by atoms with Crippen LogP contribution in [-0.2, 0) is 11.3 Å². The first-order chi connectivity index (χ1) is 13.9. The summed E-state index contributed by atoms with van der Waals surface area (Å²) in [4.78, 5) is 19.0. The van der Waals surface area contributed by atoms with E-state index in [2.05, 4.69) is 35.9 Å². The van der Waals surface area contributed by atoms with E-state index in [4.69, 9.17) is 4.52 Å². The first-order valence-electron chi connectivity index (χ1n) is 10.3. The Hall–Kier alpha value is -2.41. The molecule has 158 valence electrons. The van der Waals surface area contributed by atoms with Crippen molar-refractivity contribution in [3.63, 3.8) is 0 Å². The van der Waals surface area contributed by atoms with Crippen molar-refractivity contribution in [2.75, 3.05) is 44.7 Å². The maximum absolute atomic E-state index is 13.4. The van der Waals surface area contributed by atoms with Crippen LogP contribution in [0, 0.1) is 11.7 Å². The molecule has 1 amide bonds. The summed E-state index contributed by atoms with van der Waals surface area (Å²) in [5.41, 5.74) is 2.36. The summed E-state index contributed by atoms with van der Waals surface area (Å²) in [6.07, 6.45) is 0.452. The van der Waals surface area contributed by atoms with Crippen LogP contribution in [0.2, 0.25) is 0 Å². The van der Waals surface area contributed by atoms with E-state index >= 15 is 0 Å². The van der Waals surface area contributed by atoms with Gasteiger partial charge >= 0.3 is 0 Å². The number of hydrogen-bond acceptors (Lipinski definition) is 5. The van der Waals surface area contributed by atoms with Crippen LogP contribution in [-0.4, -0.2) is 60.6 Å². The zero-order valence-corrected chi connectivity index (χ0v) is 17.8. The third kappa shape index (κ3) is 5.15. The number of rotatable bonds is 7. The van der Waals surface area contributed by atoms with Gasteiger partial charge in [-0.25, -0.2) is 4.39 Å². The highest BCUT2D eigenvalue weighted by atomic mass is 19.1. The number of carbonyl (C=O) groups excluding carboxylic acids is 1. The number of likely N-dealkylation sites (N-methyl/N-ethyl adjacent to an activating group) is 1. The molecular formula is C22H31FN4O2. The fourth-order valence-electron chi connectivity index (χ4n) is 3.65. The largest absolute Gasteiger partial charge is 0.338 e. The van der Waals surface area contributed by atoms with Gasteiger partial charge in [0.15, 0.2) is 0 Å². The predicted molar refractivity (Wildman–Crippen MR) is 112 cm³/mol. The Morgan fingerprint density at radius 1 is 1.21 bits per heavy atom. The van der Waals surface area contributed by atoms with Gasteiger partial charge in [0, 0.05) is 44.7 Å². The molecule has 0 radical (unpaired) electrons. The van der Waals surface area contributed by atoms with Crippen molar-refractivity contribution >= 4 is 11.8 Å². The topological polar surface area (TPSA) is 52.8 Å². The summed E-state index contributed by atoms with van der Waals surface area (Å²) in [6.45, 7) is 10.8. The predicted octanol–water partition coefficient (Wildman–Crippen LogP) is 3.63. The number of amides is 1. The minimum atomic E-state index is -0.291. The number of piperazine rings is 1. The van der Waals surface area contributed by atoms with Crippen LogP contribution in [0.25, 0.3) is 11.3 Å². The van der Waals surface area contributed by atoms with E-state index < -0.39 is 0 Å². The molecule has 0 aliphatic carbocycles. The molecule has 0 unspecified atom stereocenters. The van der Waals surface area contributed by atoms with Crippen LogP contribution in [0.4, 0.5) is 10.3 Å². The molecule has 3 rings (SSSR count). The Morgan fingerprint density at radius 2 is 1.86 bits per heavy atom. The number of benzene rings is 1. The number of halogens is 1. The standard InChI is InChI=1S/C22H31FN4O2/c1-5-20(28)27(14-16(2)3)15-19-21(17-6-8-18(23)9-7-17)24-29-22(19)26-12-10-25(4)11-13-26/h6-9,16H,5,10-15H2,1-4H3. The molecule has 1 aromatic carbocycles. The fraction of sp³-hybridized carbons (Fsp3) is 0.545. The summed E-state index contributed by atoms with van der Waals surface area (Å²) in [5, 5.41) is 4.34. The quantitative estimate of drug-likeness (QED) is 0.708. The number of carbonyl (C=O) groups is 1. The number of anilines is 1. The molecule has 29 heavy (non-hydrogen) atoms. The third-order valence-corrected chi connectivity index (χ3v) is 5.27. The molecule has 0 saturated carbocycles. The Morgan fingerprint density at radius 3 is 2.45 bits per heavy atom. The minimum Gasteiger partial charge on any atom is -0.338 e. The monoisotopic (exact) mass is 402 g/mol. The first-order valence-corrected chi connectivity index (χ1v) is 10.3. The summed E-state index contributed by atoms with van der Waals surface area (Å²) in [7, 11) is 2.10. The zero-order valence-electron chi connectivity index (χ0n) is 17.8. The van der Waals surface area contributed by atoms with Gasteiger partial charge in [0.1, 0.15) is 11.5 Å². The molecule has 7 heteroatoms. The zero-order chi connectivity index (χ0) is 21.0. The van der Waals surface area contributed by atoms with E-state index in [1.807, 2.05) is 11.8 Å².